The molecule has 114 valence electrons. The van der Waals surface area contributed by atoms with Crippen molar-refractivity contribution in [2.75, 3.05) is 26.2 Å². The van der Waals surface area contributed by atoms with Crippen molar-refractivity contribution in [3.05, 3.63) is 38.9 Å². The van der Waals surface area contributed by atoms with Crippen LogP contribution in [0, 0.1) is 10.1 Å². The first kappa shape index (κ1) is 15.7. The highest BCUT2D eigenvalue weighted by molar-refractivity contribution is 6.35. The van der Waals surface area contributed by atoms with Crippen LogP contribution in [-0.4, -0.2) is 41.9 Å². The third kappa shape index (κ3) is 4.15. The molecule has 0 unspecified atom stereocenters. The number of nitro benzene ring substituents is 1. The predicted molar refractivity (Wildman–Crippen MR) is 80.7 cm³/mol. The first-order valence-electron chi connectivity index (χ1n) is 7.03. The van der Waals surface area contributed by atoms with Gasteiger partial charge in [0, 0.05) is 19.2 Å². The van der Waals surface area contributed by atoms with Gasteiger partial charge in [0.05, 0.1) is 10.5 Å². The van der Waals surface area contributed by atoms with Crippen molar-refractivity contribution in [3.8, 4) is 0 Å². The summed E-state index contributed by atoms with van der Waals surface area (Å²) in [7, 11) is 0. The largest absolute Gasteiger partial charge is 0.351 e. The Labute approximate surface area is 128 Å². The van der Waals surface area contributed by atoms with Gasteiger partial charge in [0.25, 0.3) is 11.6 Å². The minimum Gasteiger partial charge on any atom is -0.351 e. The van der Waals surface area contributed by atoms with E-state index in [2.05, 4.69) is 10.2 Å². The van der Waals surface area contributed by atoms with E-state index >= 15 is 0 Å². The molecule has 0 atom stereocenters. The molecular formula is C14H18ClN3O3. The SMILES string of the molecule is O=C(NCCN1CCCCC1)c1cccc([N+](=O)[O-])c1Cl. The Morgan fingerprint density at radius 3 is 2.71 bits per heavy atom. The minimum atomic E-state index is -0.590. The molecule has 1 aromatic carbocycles. The lowest BCUT2D eigenvalue weighted by atomic mass is 10.1. The highest BCUT2D eigenvalue weighted by Gasteiger charge is 2.19. The van der Waals surface area contributed by atoms with E-state index in [9.17, 15) is 14.9 Å². The highest BCUT2D eigenvalue weighted by atomic mass is 35.5. The summed E-state index contributed by atoms with van der Waals surface area (Å²) >= 11 is 5.91. The number of nitro groups is 1. The molecule has 2 rings (SSSR count). The number of likely N-dealkylation sites (tertiary alicyclic amines) is 1. The quantitative estimate of drug-likeness (QED) is 0.669. The summed E-state index contributed by atoms with van der Waals surface area (Å²) < 4.78 is 0. The molecule has 1 aliphatic heterocycles. The van der Waals surface area contributed by atoms with Gasteiger partial charge in [-0.3, -0.25) is 14.9 Å². The second-order valence-electron chi connectivity index (χ2n) is 5.05. The van der Waals surface area contributed by atoms with E-state index < -0.39 is 4.92 Å². The van der Waals surface area contributed by atoms with E-state index in [1.807, 2.05) is 0 Å². The molecule has 0 aromatic heterocycles. The van der Waals surface area contributed by atoms with E-state index in [1.165, 1.54) is 37.5 Å². The molecule has 21 heavy (non-hydrogen) atoms. The number of hydrogen-bond donors (Lipinski definition) is 1. The monoisotopic (exact) mass is 311 g/mol. The third-order valence-corrected chi connectivity index (χ3v) is 3.98. The fraction of sp³-hybridized carbons (Fsp3) is 0.500. The van der Waals surface area contributed by atoms with E-state index in [0.717, 1.165) is 19.6 Å². The molecule has 1 aromatic rings. The smallest absolute Gasteiger partial charge is 0.288 e. The molecule has 0 bridgehead atoms. The molecule has 1 saturated heterocycles. The number of piperidine rings is 1. The van der Waals surface area contributed by atoms with Gasteiger partial charge < -0.3 is 10.2 Å². The molecule has 0 saturated carbocycles. The van der Waals surface area contributed by atoms with Crippen LogP contribution in [0.25, 0.3) is 0 Å². The fourth-order valence-corrected chi connectivity index (χ4v) is 2.72. The summed E-state index contributed by atoms with van der Waals surface area (Å²) in [6.45, 7) is 3.43. The van der Waals surface area contributed by atoms with Crippen LogP contribution in [0.15, 0.2) is 18.2 Å². The van der Waals surface area contributed by atoms with Crippen LogP contribution >= 0.6 is 11.6 Å². The van der Waals surface area contributed by atoms with Gasteiger partial charge in [0.15, 0.2) is 0 Å². The average Bonchev–Trinajstić information content (AvgIpc) is 2.48. The van der Waals surface area contributed by atoms with Gasteiger partial charge in [-0.05, 0) is 32.0 Å². The van der Waals surface area contributed by atoms with Crippen LogP contribution in [0.3, 0.4) is 0 Å². The Hall–Kier alpha value is -1.66. The van der Waals surface area contributed by atoms with Gasteiger partial charge in [0.2, 0.25) is 0 Å². The average molecular weight is 312 g/mol. The normalized spacial score (nSPS) is 15.7. The lowest BCUT2D eigenvalue weighted by Gasteiger charge is -2.26. The molecule has 1 aliphatic rings. The lowest BCUT2D eigenvalue weighted by Crippen LogP contribution is -2.37. The van der Waals surface area contributed by atoms with Crippen molar-refractivity contribution < 1.29 is 9.72 Å². The molecular weight excluding hydrogens is 294 g/mol. The maximum absolute atomic E-state index is 12.0. The molecule has 0 spiro atoms. The molecule has 7 heteroatoms. The Morgan fingerprint density at radius 2 is 2.05 bits per heavy atom. The van der Waals surface area contributed by atoms with Crippen molar-refractivity contribution in [2.45, 2.75) is 19.3 Å². The van der Waals surface area contributed by atoms with E-state index in [0.29, 0.717) is 6.54 Å². The second kappa shape index (κ2) is 7.38. The van der Waals surface area contributed by atoms with Crippen LogP contribution in [0.5, 0.6) is 0 Å². The van der Waals surface area contributed by atoms with E-state index in [4.69, 9.17) is 11.6 Å². The van der Waals surface area contributed by atoms with Crippen molar-refractivity contribution in [1.29, 1.82) is 0 Å². The maximum Gasteiger partial charge on any atom is 0.288 e. The van der Waals surface area contributed by atoms with Crippen LogP contribution < -0.4 is 5.32 Å². The molecule has 1 amide bonds. The molecule has 6 nitrogen and oxygen atoms in total. The number of nitrogens with zero attached hydrogens (tertiary/aromatic N) is 2. The molecule has 0 radical (unpaired) electrons. The summed E-state index contributed by atoms with van der Waals surface area (Å²) in [5.74, 6) is -0.374. The van der Waals surface area contributed by atoms with Crippen molar-refractivity contribution in [2.24, 2.45) is 0 Å². The number of rotatable bonds is 5. The number of carbonyl (C=O) groups excluding carboxylic acids is 1. The highest BCUT2D eigenvalue weighted by Crippen LogP contribution is 2.27. The molecule has 1 fully saturated rings. The maximum atomic E-state index is 12.0. The summed E-state index contributed by atoms with van der Waals surface area (Å²) in [5.41, 5.74) is -0.107. The number of hydrogen-bond acceptors (Lipinski definition) is 4. The van der Waals surface area contributed by atoms with Gasteiger partial charge in [-0.1, -0.05) is 24.1 Å². The summed E-state index contributed by atoms with van der Waals surface area (Å²) in [6, 6.07) is 4.24. The third-order valence-electron chi connectivity index (χ3n) is 3.58. The van der Waals surface area contributed by atoms with E-state index in [-0.39, 0.29) is 22.2 Å². The number of carbonyl (C=O) groups is 1. The van der Waals surface area contributed by atoms with Crippen LogP contribution in [0.2, 0.25) is 5.02 Å². The zero-order valence-electron chi connectivity index (χ0n) is 11.7. The number of amides is 1. The molecule has 1 heterocycles. The lowest BCUT2D eigenvalue weighted by molar-refractivity contribution is -0.384. The van der Waals surface area contributed by atoms with Gasteiger partial charge in [-0.15, -0.1) is 0 Å². The van der Waals surface area contributed by atoms with Crippen molar-refractivity contribution in [3.63, 3.8) is 0 Å². The van der Waals surface area contributed by atoms with Crippen molar-refractivity contribution >= 4 is 23.2 Å². The standard InChI is InChI=1S/C14H18ClN3O3/c15-13-11(5-4-6-12(13)18(20)21)14(19)16-7-10-17-8-2-1-3-9-17/h4-6H,1-3,7-10H2,(H,16,19). The number of benzene rings is 1. The first-order valence-corrected chi connectivity index (χ1v) is 7.41. The van der Waals surface area contributed by atoms with Gasteiger partial charge in [0.1, 0.15) is 5.02 Å². The van der Waals surface area contributed by atoms with Crippen molar-refractivity contribution in [1.82, 2.24) is 10.2 Å². The molecule has 1 N–H and O–H groups in total. The minimum absolute atomic E-state index is 0.113. The summed E-state index contributed by atoms with van der Waals surface area (Å²) in [5, 5.41) is 13.5. The van der Waals surface area contributed by atoms with E-state index in [1.54, 1.807) is 0 Å². The second-order valence-corrected chi connectivity index (χ2v) is 5.43. The first-order chi connectivity index (χ1) is 10.1. The number of nitrogens with one attached hydrogen (secondary N) is 1. The Balaban J connectivity index is 1.91. The van der Waals surface area contributed by atoms with Gasteiger partial charge in [-0.2, -0.15) is 0 Å². The topological polar surface area (TPSA) is 75.5 Å². The van der Waals surface area contributed by atoms with Gasteiger partial charge >= 0.3 is 0 Å². The Kier molecular flexibility index (Phi) is 5.52. The molecule has 0 aliphatic carbocycles. The van der Waals surface area contributed by atoms with Crippen LogP contribution in [0.1, 0.15) is 29.6 Å². The zero-order valence-corrected chi connectivity index (χ0v) is 12.4. The van der Waals surface area contributed by atoms with Crippen LogP contribution in [0.4, 0.5) is 5.69 Å². The Bertz CT molecular complexity index is 530. The predicted octanol–water partition coefficient (Wildman–Crippen LogP) is 2.46. The summed E-state index contributed by atoms with van der Waals surface area (Å²) in [4.78, 5) is 24.6. The number of halogens is 1. The van der Waals surface area contributed by atoms with Gasteiger partial charge in [-0.25, -0.2) is 0 Å². The Morgan fingerprint density at radius 1 is 1.33 bits per heavy atom. The zero-order chi connectivity index (χ0) is 15.2. The van der Waals surface area contributed by atoms with Crippen LogP contribution in [-0.2, 0) is 0 Å². The fourth-order valence-electron chi connectivity index (χ4n) is 2.44. The summed E-state index contributed by atoms with van der Waals surface area (Å²) in [6.07, 6.45) is 3.67.